The maximum absolute atomic E-state index is 13.2. The Morgan fingerprint density at radius 3 is 3.00 bits per heavy atom. The van der Waals surface area contributed by atoms with Gasteiger partial charge in [0.2, 0.25) is 0 Å². The molecule has 0 aromatic heterocycles. The molecule has 0 saturated carbocycles. The van der Waals surface area contributed by atoms with E-state index in [1.165, 1.54) is 6.07 Å². The van der Waals surface area contributed by atoms with Crippen LogP contribution in [0.25, 0.3) is 0 Å². The quantitative estimate of drug-likeness (QED) is 0.876. The molecule has 1 aromatic carbocycles. The number of amides is 1. The van der Waals surface area contributed by atoms with Crippen LogP contribution in [0.1, 0.15) is 36.0 Å². The summed E-state index contributed by atoms with van der Waals surface area (Å²) < 4.78 is 13.2. The molecule has 1 aromatic rings. The van der Waals surface area contributed by atoms with E-state index in [0.717, 1.165) is 31.4 Å². The lowest BCUT2D eigenvalue weighted by Crippen LogP contribution is -2.35. The van der Waals surface area contributed by atoms with Crippen LogP contribution in [-0.4, -0.2) is 40.2 Å². The number of carbonyl (C=O) groups is 1. The number of carbonyl (C=O) groups excluding carboxylic acids is 1. The highest BCUT2D eigenvalue weighted by molar-refractivity contribution is 5.97. The summed E-state index contributed by atoms with van der Waals surface area (Å²) in [4.78, 5) is 14.0. The highest BCUT2D eigenvalue weighted by Crippen LogP contribution is 2.27. The lowest BCUT2D eigenvalue weighted by atomic mass is 10.1. The SMILES string of the molecule is O=C(c1cc(F)ccc1O)N1CCCC1CCCO. The number of hydrogen-bond acceptors (Lipinski definition) is 3. The second-order valence-electron chi connectivity index (χ2n) is 4.82. The first-order valence-electron chi connectivity index (χ1n) is 6.54. The predicted octanol–water partition coefficient (Wildman–Crippen LogP) is 1.91. The number of aliphatic hydroxyl groups is 1. The third-order valence-corrected chi connectivity index (χ3v) is 3.52. The van der Waals surface area contributed by atoms with Crippen LogP contribution in [0.5, 0.6) is 5.75 Å². The van der Waals surface area contributed by atoms with Gasteiger partial charge in [-0.3, -0.25) is 4.79 Å². The van der Waals surface area contributed by atoms with Crippen LogP contribution in [-0.2, 0) is 0 Å². The van der Waals surface area contributed by atoms with E-state index in [9.17, 15) is 14.3 Å². The van der Waals surface area contributed by atoms with Gasteiger partial charge in [0.15, 0.2) is 0 Å². The predicted molar refractivity (Wildman–Crippen MR) is 68.4 cm³/mol. The summed E-state index contributed by atoms with van der Waals surface area (Å²) in [5.74, 6) is -1.07. The lowest BCUT2D eigenvalue weighted by Gasteiger charge is -2.25. The Hall–Kier alpha value is -1.62. The molecule has 1 heterocycles. The van der Waals surface area contributed by atoms with Gasteiger partial charge in [-0.25, -0.2) is 4.39 Å². The van der Waals surface area contributed by atoms with Gasteiger partial charge in [0.05, 0.1) is 5.56 Å². The van der Waals surface area contributed by atoms with Crippen LogP contribution < -0.4 is 0 Å². The highest BCUT2D eigenvalue weighted by Gasteiger charge is 2.30. The first kappa shape index (κ1) is 13.8. The van der Waals surface area contributed by atoms with Gasteiger partial charge in [-0.2, -0.15) is 0 Å². The van der Waals surface area contributed by atoms with E-state index in [1.54, 1.807) is 4.90 Å². The molecule has 1 atom stereocenters. The van der Waals surface area contributed by atoms with Crippen molar-refractivity contribution in [2.75, 3.05) is 13.2 Å². The fourth-order valence-corrected chi connectivity index (χ4v) is 2.56. The monoisotopic (exact) mass is 267 g/mol. The van der Waals surface area contributed by atoms with Crippen molar-refractivity contribution < 1.29 is 19.4 Å². The lowest BCUT2D eigenvalue weighted by molar-refractivity contribution is 0.0721. The van der Waals surface area contributed by atoms with Gasteiger partial charge < -0.3 is 15.1 Å². The number of nitrogens with zero attached hydrogens (tertiary/aromatic N) is 1. The number of phenolic OH excluding ortho intramolecular Hbond substituents is 1. The normalized spacial score (nSPS) is 18.8. The largest absolute Gasteiger partial charge is 0.507 e. The van der Waals surface area contributed by atoms with E-state index in [-0.39, 0.29) is 29.9 Å². The van der Waals surface area contributed by atoms with E-state index in [2.05, 4.69) is 0 Å². The molecule has 0 aliphatic carbocycles. The molecule has 5 heteroatoms. The molecule has 2 rings (SSSR count). The third-order valence-electron chi connectivity index (χ3n) is 3.52. The molecule has 1 unspecified atom stereocenters. The number of rotatable bonds is 4. The van der Waals surface area contributed by atoms with Gasteiger partial charge >= 0.3 is 0 Å². The second kappa shape index (κ2) is 6.02. The molecule has 0 bridgehead atoms. The van der Waals surface area contributed by atoms with Gasteiger partial charge in [0.1, 0.15) is 11.6 Å². The Morgan fingerprint density at radius 2 is 2.26 bits per heavy atom. The topological polar surface area (TPSA) is 60.8 Å². The molecule has 19 heavy (non-hydrogen) atoms. The Kier molecular flexibility index (Phi) is 4.37. The van der Waals surface area contributed by atoms with Crippen molar-refractivity contribution in [2.45, 2.75) is 31.7 Å². The van der Waals surface area contributed by atoms with Crippen molar-refractivity contribution >= 4 is 5.91 Å². The summed E-state index contributed by atoms with van der Waals surface area (Å²) in [6.45, 7) is 0.717. The van der Waals surface area contributed by atoms with E-state index in [0.29, 0.717) is 13.0 Å². The molecule has 2 N–H and O–H groups in total. The number of likely N-dealkylation sites (tertiary alicyclic amines) is 1. The zero-order valence-electron chi connectivity index (χ0n) is 10.7. The Morgan fingerprint density at radius 1 is 1.47 bits per heavy atom. The molecular weight excluding hydrogens is 249 g/mol. The fraction of sp³-hybridized carbons (Fsp3) is 0.500. The average molecular weight is 267 g/mol. The van der Waals surface area contributed by atoms with Gasteiger partial charge in [0, 0.05) is 19.2 Å². The maximum Gasteiger partial charge on any atom is 0.257 e. The Bertz CT molecular complexity index is 464. The first-order valence-corrected chi connectivity index (χ1v) is 6.54. The number of aromatic hydroxyl groups is 1. The van der Waals surface area contributed by atoms with E-state index in [1.807, 2.05) is 0 Å². The highest BCUT2D eigenvalue weighted by atomic mass is 19.1. The molecule has 0 radical (unpaired) electrons. The molecule has 104 valence electrons. The number of phenols is 1. The average Bonchev–Trinajstić information content (AvgIpc) is 2.86. The van der Waals surface area contributed by atoms with Crippen LogP contribution in [0.2, 0.25) is 0 Å². The molecule has 1 aliphatic rings. The zero-order chi connectivity index (χ0) is 13.8. The molecule has 1 amide bonds. The molecule has 4 nitrogen and oxygen atoms in total. The standard InChI is InChI=1S/C14H18FNO3/c15-10-5-6-13(18)12(9-10)14(19)16-7-1-3-11(16)4-2-8-17/h5-6,9,11,17-18H,1-4,7-8H2. The summed E-state index contributed by atoms with van der Waals surface area (Å²) in [6, 6.07) is 3.46. The van der Waals surface area contributed by atoms with E-state index in [4.69, 9.17) is 5.11 Å². The van der Waals surface area contributed by atoms with E-state index < -0.39 is 5.82 Å². The van der Waals surface area contributed by atoms with Gasteiger partial charge in [-0.1, -0.05) is 0 Å². The molecular formula is C14H18FNO3. The van der Waals surface area contributed by atoms with Crippen LogP contribution >= 0.6 is 0 Å². The molecule has 0 spiro atoms. The summed E-state index contributed by atoms with van der Waals surface area (Å²) in [7, 11) is 0. The maximum atomic E-state index is 13.2. The summed E-state index contributed by atoms with van der Waals surface area (Å²) in [5.41, 5.74) is 0.0101. The van der Waals surface area contributed by atoms with E-state index >= 15 is 0 Å². The fourth-order valence-electron chi connectivity index (χ4n) is 2.56. The Balaban J connectivity index is 2.16. The van der Waals surface area contributed by atoms with Crippen molar-refractivity contribution in [1.29, 1.82) is 0 Å². The summed E-state index contributed by atoms with van der Waals surface area (Å²) in [6.07, 6.45) is 3.17. The van der Waals surface area contributed by atoms with Crippen LogP contribution in [0.3, 0.4) is 0 Å². The summed E-state index contributed by atoms with van der Waals surface area (Å²) in [5, 5.41) is 18.5. The van der Waals surface area contributed by atoms with Gasteiger partial charge in [-0.05, 0) is 43.9 Å². The smallest absolute Gasteiger partial charge is 0.257 e. The second-order valence-corrected chi connectivity index (χ2v) is 4.82. The summed E-state index contributed by atoms with van der Waals surface area (Å²) >= 11 is 0. The minimum Gasteiger partial charge on any atom is -0.507 e. The van der Waals surface area contributed by atoms with Crippen molar-refractivity contribution in [3.8, 4) is 5.75 Å². The molecule has 1 saturated heterocycles. The van der Waals surface area contributed by atoms with Crippen molar-refractivity contribution in [1.82, 2.24) is 4.90 Å². The van der Waals surface area contributed by atoms with Crippen molar-refractivity contribution in [3.63, 3.8) is 0 Å². The number of benzene rings is 1. The third kappa shape index (κ3) is 3.04. The minimum absolute atomic E-state index is 0.0101. The molecule has 1 fully saturated rings. The number of aliphatic hydroxyl groups excluding tert-OH is 1. The van der Waals surface area contributed by atoms with Crippen LogP contribution in [0.4, 0.5) is 4.39 Å². The number of halogens is 1. The zero-order valence-corrected chi connectivity index (χ0v) is 10.7. The van der Waals surface area contributed by atoms with Crippen molar-refractivity contribution in [3.05, 3.63) is 29.6 Å². The number of hydrogen-bond donors (Lipinski definition) is 2. The minimum atomic E-state index is -0.535. The van der Waals surface area contributed by atoms with Gasteiger partial charge in [0.25, 0.3) is 5.91 Å². The van der Waals surface area contributed by atoms with Gasteiger partial charge in [-0.15, -0.1) is 0 Å². The van der Waals surface area contributed by atoms with Crippen LogP contribution in [0, 0.1) is 5.82 Å². The van der Waals surface area contributed by atoms with Crippen molar-refractivity contribution in [2.24, 2.45) is 0 Å². The molecule has 1 aliphatic heterocycles. The first-order chi connectivity index (χ1) is 9.13. The van der Waals surface area contributed by atoms with Crippen LogP contribution in [0.15, 0.2) is 18.2 Å². The Labute approximate surface area is 111 Å².